The van der Waals surface area contributed by atoms with Gasteiger partial charge in [-0.25, -0.2) is 0 Å². The highest BCUT2D eigenvalue weighted by Crippen LogP contribution is 2.32. The summed E-state index contributed by atoms with van der Waals surface area (Å²) in [6.07, 6.45) is 5.75. The SMILES string of the molecule is CC1CC(C)CN(C2CCCC(N)(CO)C2)C1. The van der Waals surface area contributed by atoms with E-state index in [0.29, 0.717) is 6.04 Å². The van der Waals surface area contributed by atoms with Crippen LogP contribution in [0.1, 0.15) is 46.0 Å². The molecule has 1 aliphatic carbocycles. The highest BCUT2D eigenvalue weighted by molar-refractivity contribution is 4.95. The van der Waals surface area contributed by atoms with Crippen molar-refractivity contribution in [2.24, 2.45) is 17.6 Å². The second kappa shape index (κ2) is 5.25. The first-order valence-corrected chi connectivity index (χ1v) is 7.16. The van der Waals surface area contributed by atoms with Crippen LogP contribution in [-0.2, 0) is 0 Å². The van der Waals surface area contributed by atoms with Crippen LogP contribution in [0.15, 0.2) is 0 Å². The molecular weight excluding hydrogens is 212 g/mol. The van der Waals surface area contributed by atoms with Crippen LogP contribution in [-0.4, -0.2) is 41.3 Å². The molecule has 4 unspecified atom stereocenters. The van der Waals surface area contributed by atoms with Gasteiger partial charge in [0.1, 0.15) is 0 Å². The predicted octanol–water partition coefficient (Wildman–Crippen LogP) is 1.60. The molecule has 0 aromatic heterocycles. The minimum absolute atomic E-state index is 0.141. The largest absolute Gasteiger partial charge is 0.394 e. The average molecular weight is 240 g/mol. The Morgan fingerprint density at radius 1 is 1.29 bits per heavy atom. The molecule has 4 atom stereocenters. The summed E-state index contributed by atoms with van der Waals surface area (Å²) in [5.74, 6) is 1.61. The van der Waals surface area contributed by atoms with Crippen molar-refractivity contribution in [2.75, 3.05) is 19.7 Å². The maximum absolute atomic E-state index is 9.43. The van der Waals surface area contributed by atoms with Crippen molar-refractivity contribution >= 4 is 0 Å². The van der Waals surface area contributed by atoms with Crippen LogP contribution >= 0.6 is 0 Å². The van der Waals surface area contributed by atoms with Crippen LogP contribution in [0.3, 0.4) is 0 Å². The normalized spacial score (nSPS) is 44.8. The molecule has 100 valence electrons. The van der Waals surface area contributed by atoms with Gasteiger partial charge in [0.25, 0.3) is 0 Å². The molecule has 1 heterocycles. The molecule has 1 aliphatic heterocycles. The summed E-state index contributed by atoms with van der Waals surface area (Å²) in [5, 5.41) is 9.43. The van der Waals surface area contributed by atoms with Gasteiger partial charge in [0.2, 0.25) is 0 Å². The van der Waals surface area contributed by atoms with E-state index < -0.39 is 0 Å². The zero-order chi connectivity index (χ0) is 12.5. The van der Waals surface area contributed by atoms with E-state index in [9.17, 15) is 5.11 Å². The molecule has 1 saturated carbocycles. The van der Waals surface area contributed by atoms with E-state index in [0.717, 1.165) is 24.7 Å². The second-order valence-corrected chi connectivity index (χ2v) is 6.67. The first-order chi connectivity index (χ1) is 8.02. The van der Waals surface area contributed by atoms with E-state index in [-0.39, 0.29) is 12.1 Å². The van der Waals surface area contributed by atoms with E-state index in [1.165, 1.54) is 32.4 Å². The Labute approximate surface area is 105 Å². The van der Waals surface area contributed by atoms with Crippen LogP contribution < -0.4 is 5.73 Å². The first-order valence-electron chi connectivity index (χ1n) is 7.16. The molecule has 3 N–H and O–H groups in total. The molecule has 3 heteroatoms. The Kier molecular flexibility index (Phi) is 4.11. The highest BCUT2D eigenvalue weighted by Gasteiger charge is 2.36. The van der Waals surface area contributed by atoms with Gasteiger partial charge in [0, 0.05) is 24.7 Å². The number of hydrogen-bond donors (Lipinski definition) is 2. The third kappa shape index (κ3) is 3.21. The van der Waals surface area contributed by atoms with Gasteiger partial charge in [-0.3, -0.25) is 4.90 Å². The molecule has 0 radical (unpaired) electrons. The Morgan fingerprint density at radius 2 is 1.94 bits per heavy atom. The lowest BCUT2D eigenvalue weighted by Gasteiger charge is -2.46. The smallest absolute Gasteiger partial charge is 0.0611 e. The summed E-state index contributed by atoms with van der Waals surface area (Å²) in [6, 6.07) is 0.603. The maximum atomic E-state index is 9.43. The van der Waals surface area contributed by atoms with E-state index in [1.54, 1.807) is 0 Å². The summed E-state index contributed by atoms with van der Waals surface area (Å²) in [6.45, 7) is 7.29. The third-order valence-electron chi connectivity index (χ3n) is 4.58. The second-order valence-electron chi connectivity index (χ2n) is 6.67. The minimum atomic E-state index is -0.313. The summed E-state index contributed by atoms with van der Waals surface area (Å²) in [4.78, 5) is 2.63. The van der Waals surface area contributed by atoms with Crippen LogP contribution in [0.5, 0.6) is 0 Å². The first kappa shape index (κ1) is 13.3. The molecule has 2 rings (SSSR count). The lowest BCUT2D eigenvalue weighted by atomic mass is 9.78. The van der Waals surface area contributed by atoms with Crippen LogP contribution in [0, 0.1) is 11.8 Å². The van der Waals surface area contributed by atoms with Crippen molar-refractivity contribution in [3.05, 3.63) is 0 Å². The van der Waals surface area contributed by atoms with E-state index in [1.807, 2.05) is 0 Å². The van der Waals surface area contributed by atoms with Crippen molar-refractivity contribution in [1.29, 1.82) is 0 Å². The predicted molar refractivity (Wildman–Crippen MR) is 70.8 cm³/mol. The van der Waals surface area contributed by atoms with Crippen LogP contribution in [0.2, 0.25) is 0 Å². The number of aliphatic hydroxyl groups excluding tert-OH is 1. The monoisotopic (exact) mass is 240 g/mol. The molecule has 0 amide bonds. The number of piperidine rings is 1. The van der Waals surface area contributed by atoms with Crippen molar-refractivity contribution in [3.63, 3.8) is 0 Å². The summed E-state index contributed by atoms with van der Waals surface area (Å²) >= 11 is 0. The number of hydrogen-bond acceptors (Lipinski definition) is 3. The molecule has 2 fully saturated rings. The number of rotatable bonds is 2. The lowest BCUT2D eigenvalue weighted by Crippen LogP contribution is -2.55. The van der Waals surface area contributed by atoms with Crippen LogP contribution in [0.4, 0.5) is 0 Å². The minimum Gasteiger partial charge on any atom is -0.394 e. The molecule has 0 spiro atoms. The summed E-state index contributed by atoms with van der Waals surface area (Å²) in [7, 11) is 0. The van der Waals surface area contributed by atoms with Gasteiger partial charge in [0.05, 0.1) is 6.61 Å². The van der Waals surface area contributed by atoms with Crippen molar-refractivity contribution in [3.8, 4) is 0 Å². The zero-order valence-electron chi connectivity index (χ0n) is 11.4. The van der Waals surface area contributed by atoms with E-state index >= 15 is 0 Å². The van der Waals surface area contributed by atoms with Crippen molar-refractivity contribution in [1.82, 2.24) is 4.90 Å². The fourth-order valence-electron chi connectivity index (χ4n) is 3.83. The Bertz CT molecular complexity index is 249. The Morgan fingerprint density at radius 3 is 2.53 bits per heavy atom. The van der Waals surface area contributed by atoms with E-state index in [4.69, 9.17) is 5.73 Å². The molecule has 17 heavy (non-hydrogen) atoms. The van der Waals surface area contributed by atoms with Gasteiger partial charge in [-0.05, 0) is 43.9 Å². The molecule has 0 aromatic rings. The third-order valence-corrected chi connectivity index (χ3v) is 4.58. The van der Waals surface area contributed by atoms with Crippen molar-refractivity contribution < 1.29 is 5.11 Å². The van der Waals surface area contributed by atoms with Gasteiger partial charge in [-0.2, -0.15) is 0 Å². The van der Waals surface area contributed by atoms with Gasteiger partial charge in [-0.15, -0.1) is 0 Å². The number of nitrogens with zero attached hydrogens (tertiary/aromatic N) is 1. The molecule has 0 bridgehead atoms. The quantitative estimate of drug-likeness (QED) is 0.771. The molecule has 0 aromatic carbocycles. The topological polar surface area (TPSA) is 49.5 Å². The number of nitrogens with two attached hydrogens (primary N) is 1. The van der Waals surface area contributed by atoms with Gasteiger partial charge in [-0.1, -0.05) is 13.8 Å². The lowest BCUT2D eigenvalue weighted by molar-refractivity contribution is 0.0407. The highest BCUT2D eigenvalue weighted by atomic mass is 16.3. The zero-order valence-corrected chi connectivity index (χ0v) is 11.4. The molecule has 3 nitrogen and oxygen atoms in total. The fraction of sp³-hybridized carbons (Fsp3) is 1.00. The summed E-state index contributed by atoms with van der Waals surface area (Å²) < 4.78 is 0. The maximum Gasteiger partial charge on any atom is 0.0611 e. The molecular formula is C14H28N2O. The number of aliphatic hydroxyl groups is 1. The standard InChI is InChI=1S/C14H28N2O/c1-11-6-12(2)9-16(8-11)13-4-3-5-14(15,7-13)10-17/h11-13,17H,3-10,15H2,1-2H3. The van der Waals surface area contributed by atoms with Gasteiger partial charge in [0.15, 0.2) is 0 Å². The van der Waals surface area contributed by atoms with Gasteiger partial charge < -0.3 is 10.8 Å². The molecule has 2 aliphatic rings. The van der Waals surface area contributed by atoms with E-state index in [2.05, 4.69) is 18.7 Å². The Hall–Kier alpha value is -0.120. The Balaban J connectivity index is 1.97. The fourth-order valence-corrected chi connectivity index (χ4v) is 3.83. The van der Waals surface area contributed by atoms with Crippen LogP contribution in [0.25, 0.3) is 0 Å². The number of likely N-dealkylation sites (tertiary alicyclic amines) is 1. The van der Waals surface area contributed by atoms with Gasteiger partial charge >= 0.3 is 0 Å². The molecule has 1 saturated heterocycles. The average Bonchev–Trinajstić information content (AvgIpc) is 2.28. The summed E-state index contributed by atoms with van der Waals surface area (Å²) in [5.41, 5.74) is 5.94. The van der Waals surface area contributed by atoms with Crippen molar-refractivity contribution in [2.45, 2.75) is 57.5 Å².